The highest BCUT2D eigenvalue weighted by Gasteiger charge is 2.25. The van der Waals surface area contributed by atoms with Crippen molar-refractivity contribution in [1.82, 2.24) is 10.1 Å². The van der Waals surface area contributed by atoms with Crippen LogP contribution in [-0.2, 0) is 9.53 Å². The van der Waals surface area contributed by atoms with Crippen molar-refractivity contribution in [1.29, 1.82) is 0 Å². The summed E-state index contributed by atoms with van der Waals surface area (Å²) < 4.78 is 10.3. The van der Waals surface area contributed by atoms with Gasteiger partial charge < -0.3 is 14.2 Å². The van der Waals surface area contributed by atoms with Crippen molar-refractivity contribution in [3.8, 4) is 10.8 Å². The van der Waals surface area contributed by atoms with Crippen LogP contribution in [0.25, 0.3) is 10.8 Å². The van der Waals surface area contributed by atoms with E-state index in [0.717, 1.165) is 30.8 Å². The van der Waals surface area contributed by atoms with E-state index in [2.05, 4.69) is 15.0 Å². The molecule has 0 atom stereocenters. The Morgan fingerprint density at radius 3 is 2.96 bits per heavy atom. The Bertz CT molecular complexity index is 664. The van der Waals surface area contributed by atoms with Crippen LogP contribution >= 0.6 is 22.9 Å². The lowest BCUT2D eigenvalue weighted by molar-refractivity contribution is -0.144. The normalized spacial score (nSPS) is 15.8. The predicted octanol–water partition coefficient (Wildman–Crippen LogP) is 3.62. The molecule has 8 heteroatoms. The average Bonchev–Trinajstić information content (AvgIpc) is 3.17. The van der Waals surface area contributed by atoms with Gasteiger partial charge in [0.1, 0.15) is 4.88 Å². The van der Waals surface area contributed by atoms with E-state index in [1.807, 2.05) is 18.4 Å². The second-order valence-corrected chi connectivity index (χ2v) is 6.76. The Labute approximate surface area is 143 Å². The molecular formula is C15H18ClN3O3S. The number of thiophene rings is 1. The predicted molar refractivity (Wildman–Crippen MR) is 88.8 cm³/mol. The molecule has 0 saturated carbocycles. The van der Waals surface area contributed by atoms with Gasteiger partial charge in [0.15, 0.2) is 0 Å². The molecule has 3 heterocycles. The van der Waals surface area contributed by atoms with Crippen molar-refractivity contribution in [2.24, 2.45) is 5.92 Å². The molecule has 1 aliphatic heterocycles. The molecule has 23 heavy (non-hydrogen) atoms. The molecule has 0 amide bonds. The lowest BCUT2D eigenvalue weighted by Gasteiger charge is -2.30. The van der Waals surface area contributed by atoms with Gasteiger partial charge in [-0.1, -0.05) is 11.6 Å². The highest BCUT2D eigenvalue weighted by molar-refractivity contribution is 7.14. The molecule has 0 unspecified atom stereocenters. The minimum Gasteiger partial charge on any atom is -0.466 e. The van der Waals surface area contributed by atoms with Crippen LogP contribution in [-0.4, -0.2) is 35.8 Å². The molecule has 1 aliphatic rings. The summed E-state index contributed by atoms with van der Waals surface area (Å²) in [6, 6.07) is 1.81. The van der Waals surface area contributed by atoms with Gasteiger partial charge in [-0.05, 0) is 42.3 Å². The molecular weight excluding hydrogens is 338 g/mol. The molecule has 0 radical (unpaired) electrons. The van der Waals surface area contributed by atoms with Gasteiger partial charge >= 0.3 is 5.97 Å². The number of esters is 1. The number of ether oxygens (including phenoxy) is 1. The Hall–Kier alpha value is -1.60. The van der Waals surface area contributed by atoms with Gasteiger partial charge in [0.05, 0.1) is 11.6 Å². The summed E-state index contributed by atoms with van der Waals surface area (Å²) >= 11 is 7.56. The molecule has 0 N–H and O–H groups in total. The van der Waals surface area contributed by atoms with Gasteiger partial charge in [-0.3, -0.25) is 4.79 Å². The summed E-state index contributed by atoms with van der Waals surface area (Å²) in [5.41, 5.74) is 0. The number of carbonyl (C=O) groups is 1. The monoisotopic (exact) mass is 355 g/mol. The average molecular weight is 356 g/mol. The molecule has 2 aromatic rings. The number of rotatable bonds is 5. The molecule has 1 saturated heterocycles. The molecule has 6 nitrogen and oxygen atoms in total. The number of aromatic nitrogens is 2. The van der Waals surface area contributed by atoms with Crippen LogP contribution in [0.3, 0.4) is 0 Å². The molecule has 124 valence electrons. The van der Waals surface area contributed by atoms with Crippen LogP contribution in [0.1, 0.15) is 26.2 Å². The minimum atomic E-state index is -0.111. The first kappa shape index (κ1) is 16.3. The zero-order valence-corrected chi connectivity index (χ0v) is 14.4. The van der Waals surface area contributed by atoms with Gasteiger partial charge in [0, 0.05) is 19.5 Å². The van der Waals surface area contributed by atoms with Crippen LogP contribution in [0.5, 0.6) is 0 Å². The zero-order valence-electron chi connectivity index (χ0n) is 12.8. The molecule has 2 aromatic heterocycles. The number of carbonyl (C=O) groups excluding carboxylic acids is 1. The van der Waals surface area contributed by atoms with E-state index < -0.39 is 0 Å². The lowest BCUT2D eigenvalue weighted by Crippen LogP contribution is -2.35. The molecule has 0 spiro atoms. The third-order valence-electron chi connectivity index (χ3n) is 3.88. The van der Waals surface area contributed by atoms with Crippen LogP contribution in [0, 0.1) is 5.92 Å². The van der Waals surface area contributed by atoms with Crippen molar-refractivity contribution >= 4 is 34.9 Å². The Kier molecular flexibility index (Phi) is 5.17. The second kappa shape index (κ2) is 7.31. The van der Waals surface area contributed by atoms with Crippen molar-refractivity contribution in [2.45, 2.75) is 26.2 Å². The Morgan fingerprint density at radius 1 is 1.52 bits per heavy atom. The van der Waals surface area contributed by atoms with Crippen LogP contribution in [0.4, 0.5) is 5.95 Å². The van der Waals surface area contributed by atoms with E-state index in [1.54, 1.807) is 0 Å². The largest absolute Gasteiger partial charge is 0.466 e. The highest BCUT2D eigenvalue weighted by atomic mass is 35.5. The maximum Gasteiger partial charge on any atom is 0.306 e. The molecule has 3 rings (SSSR count). The quantitative estimate of drug-likeness (QED) is 0.763. The van der Waals surface area contributed by atoms with E-state index in [4.69, 9.17) is 20.9 Å². The van der Waals surface area contributed by atoms with Crippen molar-refractivity contribution in [3.63, 3.8) is 0 Å². The summed E-state index contributed by atoms with van der Waals surface area (Å²) in [6.07, 6.45) is 2.33. The van der Waals surface area contributed by atoms with E-state index >= 15 is 0 Å². The maximum atomic E-state index is 11.5. The number of nitrogens with zero attached hydrogens (tertiary/aromatic N) is 3. The van der Waals surface area contributed by atoms with Crippen molar-refractivity contribution < 1.29 is 14.1 Å². The summed E-state index contributed by atoms with van der Waals surface area (Å²) in [6.45, 7) is 3.88. The first-order valence-corrected chi connectivity index (χ1v) is 8.90. The van der Waals surface area contributed by atoms with Gasteiger partial charge in [0.2, 0.25) is 0 Å². The van der Waals surface area contributed by atoms with Gasteiger partial charge in [-0.25, -0.2) is 0 Å². The van der Waals surface area contributed by atoms with Gasteiger partial charge in [-0.2, -0.15) is 4.98 Å². The fraction of sp³-hybridized carbons (Fsp3) is 0.533. The number of hydrogen-bond acceptors (Lipinski definition) is 7. The van der Waals surface area contributed by atoms with Crippen molar-refractivity contribution in [2.75, 3.05) is 24.6 Å². The number of halogens is 1. The molecule has 0 aliphatic carbocycles. The highest BCUT2D eigenvalue weighted by Crippen LogP contribution is 2.33. The minimum absolute atomic E-state index is 0.111. The summed E-state index contributed by atoms with van der Waals surface area (Å²) in [5, 5.41) is 6.56. The fourth-order valence-electron chi connectivity index (χ4n) is 2.68. The summed E-state index contributed by atoms with van der Waals surface area (Å²) in [4.78, 5) is 18.9. The summed E-state index contributed by atoms with van der Waals surface area (Å²) in [5.74, 6) is 1.29. The van der Waals surface area contributed by atoms with E-state index in [9.17, 15) is 4.79 Å². The second-order valence-electron chi connectivity index (χ2n) is 5.44. The molecule has 0 bridgehead atoms. The molecule has 1 fully saturated rings. The van der Waals surface area contributed by atoms with Crippen LogP contribution < -0.4 is 4.90 Å². The summed E-state index contributed by atoms with van der Waals surface area (Å²) in [7, 11) is 0. The Morgan fingerprint density at radius 2 is 2.30 bits per heavy atom. The topological polar surface area (TPSA) is 68.5 Å². The standard InChI is InChI=1S/C15H18ClN3O3S/c1-2-21-12(20)9-10-3-6-19(7-4-10)15-17-14(22-18-15)13-11(16)5-8-23-13/h5,8,10H,2-4,6-7,9H2,1H3. The van der Waals surface area contributed by atoms with Gasteiger partial charge in [-0.15, -0.1) is 11.3 Å². The third-order valence-corrected chi connectivity index (χ3v) is 5.21. The Balaban J connectivity index is 1.57. The third kappa shape index (κ3) is 3.84. The van der Waals surface area contributed by atoms with Crippen LogP contribution in [0.2, 0.25) is 5.02 Å². The number of piperidine rings is 1. The fourth-order valence-corrected chi connectivity index (χ4v) is 3.73. The van der Waals surface area contributed by atoms with Gasteiger partial charge in [0.25, 0.3) is 11.8 Å². The number of anilines is 1. The SMILES string of the molecule is CCOC(=O)CC1CCN(c2noc(-c3sccc3Cl)n2)CC1. The first-order chi connectivity index (χ1) is 11.2. The van der Waals surface area contributed by atoms with E-state index in [0.29, 0.717) is 35.8 Å². The number of hydrogen-bond donors (Lipinski definition) is 0. The van der Waals surface area contributed by atoms with E-state index in [1.165, 1.54) is 11.3 Å². The lowest BCUT2D eigenvalue weighted by atomic mass is 9.94. The maximum absolute atomic E-state index is 11.5. The van der Waals surface area contributed by atoms with Crippen molar-refractivity contribution in [3.05, 3.63) is 16.5 Å². The smallest absolute Gasteiger partial charge is 0.306 e. The van der Waals surface area contributed by atoms with E-state index in [-0.39, 0.29) is 5.97 Å². The van der Waals surface area contributed by atoms with Crippen LogP contribution in [0.15, 0.2) is 16.0 Å². The molecule has 0 aromatic carbocycles. The zero-order chi connectivity index (χ0) is 16.2. The first-order valence-electron chi connectivity index (χ1n) is 7.65.